The van der Waals surface area contributed by atoms with E-state index in [1.165, 1.54) is 18.6 Å². The van der Waals surface area contributed by atoms with Gasteiger partial charge in [-0.05, 0) is 42.7 Å². The molecule has 1 N–H and O–H groups in total. The van der Waals surface area contributed by atoms with E-state index in [9.17, 15) is 0 Å². The maximum absolute atomic E-state index is 3.55. The van der Waals surface area contributed by atoms with Gasteiger partial charge in [0.05, 0.1) is 0 Å². The van der Waals surface area contributed by atoms with E-state index in [0.29, 0.717) is 5.41 Å². The summed E-state index contributed by atoms with van der Waals surface area (Å²) in [4.78, 5) is 0. The Hall–Kier alpha value is 0.310. The molecular formula is C12H27NS. The van der Waals surface area contributed by atoms with Crippen LogP contribution in [0.3, 0.4) is 0 Å². The van der Waals surface area contributed by atoms with Crippen molar-refractivity contribution in [3.63, 3.8) is 0 Å². The molecule has 0 bridgehead atoms. The van der Waals surface area contributed by atoms with Gasteiger partial charge in [0.1, 0.15) is 0 Å². The van der Waals surface area contributed by atoms with Crippen LogP contribution in [-0.2, 0) is 0 Å². The van der Waals surface area contributed by atoms with Gasteiger partial charge >= 0.3 is 0 Å². The summed E-state index contributed by atoms with van der Waals surface area (Å²) in [5.41, 5.74) is 0.463. The first-order chi connectivity index (χ1) is 6.48. The summed E-state index contributed by atoms with van der Waals surface area (Å²) in [6, 6.07) is 0. The van der Waals surface area contributed by atoms with Crippen molar-refractivity contribution in [3.05, 3.63) is 0 Å². The van der Waals surface area contributed by atoms with E-state index >= 15 is 0 Å². The molecular weight excluding hydrogens is 190 g/mol. The van der Waals surface area contributed by atoms with E-state index in [0.717, 1.165) is 19.0 Å². The van der Waals surface area contributed by atoms with Crippen molar-refractivity contribution in [3.8, 4) is 0 Å². The third-order valence-corrected chi connectivity index (χ3v) is 3.06. The van der Waals surface area contributed by atoms with E-state index < -0.39 is 0 Å². The molecule has 0 aromatic carbocycles. The quantitative estimate of drug-likeness (QED) is 0.625. The van der Waals surface area contributed by atoms with Gasteiger partial charge in [-0.2, -0.15) is 11.8 Å². The molecule has 0 heterocycles. The first-order valence-electron chi connectivity index (χ1n) is 5.67. The fourth-order valence-electron chi connectivity index (χ4n) is 1.48. The number of thioether (sulfide) groups is 1. The van der Waals surface area contributed by atoms with Gasteiger partial charge in [0.2, 0.25) is 0 Å². The summed E-state index contributed by atoms with van der Waals surface area (Å²) < 4.78 is 0. The maximum Gasteiger partial charge on any atom is 0.000263 e. The van der Waals surface area contributed by atoms with Gasteiger partial charge in [-0.3, -0.25) is 0 Å². The minimum absolute atomic E-state index is 0.463. The molecule has 0 unspecified atom stereocenters. The monoisotopic (exact) mass is 217 g/mol. The lowest BCUT2D eigenvalue weighted by molar-refractivity contribution is 0.306. The normalized spacial score (nSPS) is 12.4. The number of rotatable bonds is 8. The van der Waals surface area contributed by atoms with Crippen LogP contribution in [0.5, 0.6) is 0 Å². The summed E-state index contributed by atoms with van der Waals surface area (Å²) in [6.45, 7) is 11.5. The molecule has 0 aromatic rings. The average molecular weight is 217 g/mol. The molecule has 0 fully saturated rings. The van der Waals surface area contributed by atoms with Gasteiger partial charge in [0.25, 0.3) is 0 Å². The first kappa shape index (κ1) is 14.3. The van der Waals surface area contributed by atoms with E-state index in [2.05, 4.69) is 39.3 Å². The highest BCUT2D eigenvalue weighted by Gasteiger charge is 2.16. The molecule has 14 heavy (non-hydrogen) atoms. The summed E-state index contributed by atoms with van der Waals surface area (Å²) >= 11 is 1.95. The van der Waals surface area contributed by atoms with Crippen LogP contribution >= 0.6 is 11.8 Å². The van der Waals surface area contributed by atoms with Crippen LogP contribution in [0.15, 0.2) is 0 Å². The van der Waals surface area contributed by atoms with E-state index in [1.807, 2.05) is 11.8 Å². The molecule has 0 radical (unpaired) electrons. The number of hydrogen-bond donors (Lipinski definition) is 1. The average Bonchev–Trinajstić information content (AvgIpc) is 2.03. The minimum atomic E-state index is 0.463. The molecule has 0 aliphatic carbocycles. The van der Waals surface area contributed by atoms with Gasteiger partial charge in [-0.15, -0.1) is 0 Å². The van der Waals surface area contributed by atoms with Crippen molar-refractivity contribution in [1.82, 2.24) is 5.32 Å². The molecule has 0 atom stereocenters. The fraction of sp³-hybridized carbons (Fsp3) is 1.00. The lowest BCUT2D eigenvalue weighted by atomic mass is 9.88. The molecule has 1 nitrogen and oxygen atoms in total. The SMILES string of the molecule is CSCCCC(C)(C)CNCC(C)C. The molecule has 0 spiro atoms. The van der Waals surface area contributed by atoms with Crippen LogP contribution in [-0.4, -0.2) is 25.1 Å². The summed E-state index contributed by atoms with van der Waals surface area (Å²) in [6.07, 6.45) is 4.86. The standard InChI is InChI=1S/C12H27NS/c1-11(2)9-13-10-12(3,4)7-6-8-14-5/h11,13H,6-10H2,1-5H3. The van der Waals surface area contributed by atoms with Crippen LogP contribution < -0.4 is 5.32 Å². The van der Waals surface area contributed by atoms with Gasteiger partial charge in [-0.25, -0.2) is 0 Å². The smallest absolute Gasteiger partial charge is 0.000263 e. The Balaban J connectivity index is 3.50. The number of nitrogens with one attached hydrogen (secondary N) is 1. The third-order valence-electron chi connectivity index (χ3n) is 2.36. The van der Waals surface area contributed by atoms with Gasteiger partial charge < -0.3 is 5.32 Å². The second-order valence-corrected chi connectivity index (χ2v) is 6.27. The summed E-state index contributed by atoms with van der Waals surface area (Å²) in [5.74, 6) is 2.06. The van der Waals surface area contributed by atoms with Crippen LogP contribution in [0.4, 0.5) is 0 Å². The van der Waals surface area contributed by atoms with Crippen molar-refractivity contribution >= 4 is 11.8 Å². The Morgan fingerprint density at radius 1 is 1.29 bits per heavy atom. The zero-order chi connectivity index (χ0) is 11.0. The Bertz CT molecular complexity index is 132. The Morgan fingerprint density at radius 2 is 1.93 bits per heavy atom. The molecule has 0 saturated carbocycles. The highest BCUT2D eigenvalue weighted by Crippen LogP contribution is 2.22. The highest BCUT2D eigenvalue weighted by molar-refractivity contribution is 7.98. The largest absolute Gasteiger partial charge is 0.316 e. The van der Waals surface area contributed by atoms with Crippen molar-refractivity contribution in [2.75, 3.05) is 25.1 Å². The Morgan fingerprint density at radius 3 is 2.43 bits per heavy atom. The number of hydrogen-bond acceptors (Lipinski definition) is 2. The summed E-state index contributed by atoms with van der Waals surface area (Å²) in [7, 11) is 0. The van der Waals surface area contributed by atoms with E-state index in [1.54, 1.807) is 0 Å². The molecule has 0 rings (SSSR count). The van der Waals surface area contributed by atoms with Crippen molar-refractivity contribution in [1.29, 1.82) is 0 Å². The van der Waals surface area contributed by atoms with Crippen molar-refractivity contribution < 1.29 is 0 Å². The minimum Gasteiger partial charge on any atom is -0.316 e. The second-order valence-electron chi connectivity index (χ2n) is 5.29. The predicted octanol–water partition coefficient (Wildman–Crippen LogP) is 3.40. The lowest BCUT2D eigenvalue weighted by Crippen LogP contribution is -2.31. The zero-order valence-electron chi connectivity index (χ0n) is 10.5. The molecule has 0 saturated heterocycles. The Labute approximate surface area is 94.4 Å². The zero-order valence-corrected chi connectivity index (χ0v) is 11.3. The molecule has 0 aromatic heterocycles. The summed E-state index contributed by atoms with van der Waals surface area (Å²) in [5, 5.41) is 3.55. The van der Waals surface area contributed by atoms with Crippen LogP contribution in [0.25, 0.3) is 0 Å². The Kier molecular flexibility index (Phi) is 7.75. The highest BCUT2D eigenvalue weighted by atomic mass is 32.2. The van der Waals surface area contributed by atoms with E-state index in [4.69, 9.17) is 0 Å². The van der Waals surface area contributed by atoms with Gasteiger partial charge in [-0.1, -0.05) is 27.7 Å². The van der Waals surface area contributed by atoms with E-state index in [-0.39, 0.29) is 0 Å². The maximum atomic E-state index is 3.55. The first-order valence-corrected chi connectivity index (χ1v) is 7.07. The van der Waals surface area contributed by atoms with Crippen LogP contribution in [0.2, 0.25) is 0 Å². The second kappa shape index (κ2) is 7.58. The van der Waals surface area contributed by atoms with Crippen LogP contribution in [0, 0.1) is 11.3 Å². The van der Waals surface area contributed by atoms with Crippen molar-refractivity contribution in [2.45, 2.75) is 40.5 Å². The molecule has 2 heteroatoms. The molecule has 0 amide bonds. The predicted molar refractivity (Wildman–Crippen MR) is 69.1 cm³/mol. The van der Waals surface area contributed by atoms with Gasteiger partial charge in [0.15, 0.2) is 0 Å². The lowest BCUT2D eigenvalue weighted by Gasteiger charge is -2.25. The molecule has 0 aliphatic rings. The fourth-order valence-corrected chi connectivity index (χ4v) is 1.92. The van der Waals surface area contributed by atoms with Crippen LogP contribution in [0.1, 0.15) is 40.5 Å². The molecule has 86 valence electrons. The molecule has 0 aliphatic heterocycles. The van der Waals surface area contributed by atoms with Crippen molar-refractivity contribution in [2.24, 2.45) is 11.3 Å². The third kappa shape index (κ3) is 8.89. The van der Waals surface area contributed by atoms with Gasteiger partial charge in [0, 0.05) is 6.54 Å². The topological polar surface area (TPSA) is 12.0 Å².